The molecule has 0 aliphatic rings. The van der Waals surface area contributed by atoms with E-state index in [9.17, 15) is 5.11 Å². The third-order valence-electron chi connectivity index (χ3n) is 4.28. The number of aryl methyl sites for hydroxylation is 2. The highest BCUT2D eigenvalue weighted by molar-refractivity contribution is 5.75. The van der Waals surface area contributed by atoms with Gasteiger partial charge >= 0.3 is 0 Å². The van der Waals surface area contributed by atoms with E-state index in [1.165, 1.54) is 5.56 Å². The molecule has 0 saturated heterocycles. The lowest BCUT2D eigenvalue weighted by Gasteiger charge is -2.14. The Morgan fingerprint density at radius 2 is 1.68 bits per heavy atom. The second-order valence-electron chi connectivity index (χ2n) is 6.35. The van der Waals surface area contributed by atoms with Gasteiger partial charge in [0.15, 0.2) is 0 Å². The van der Waals surface area contributed by atoms with Crippen molar-refractivity contribution in [3.63, 3.8) is 0 Å². The Balaban J connectivity index is 1.76. The van der Waals surface area contributed by atoms with Crippen LogP contribution in [0.5, 0.6) is 5.75 Å². The molecule has 2 N–H and O–H groups in total. The first kappa shape index (κ1) is 17.3. The van der Waals surface area contributed by atoms with Gasteiger partial charge in [-0.05, 0) is 37.6 Å². The SMILES string of the molecule is CCCn1c(=N)n(C[C@@H](O)COc2ccc(C)cc2)c2ccccc21. The first-order valence-corrected chi connectivity index (χ1v) is 8.70. The summed E-state index contributed by atoms with van der Waals surface area (Å²) in [6.45, 7) is 5.45. The largest absolute Gasteiger partial charge is 0.491 e. The number of fused-ring (bicyclic) bond motifs is 1. The van der Waals surface area contributed by atoms with Crippen molar-refractivity contribution >= 4 is 11.0 Å². The molecule has 0 saturated carbocycles. The fraction of sp³-hybridized carbons (Fsp3) is 0.350. The molecule has 0 unspecified atom stereocenters. The van der Waals surface area contributed by atoms with Crippen LogP contribution in [0.4, 0.5) is 0 Å². The van der Waals surface area contributed by atoms with E-state index in [1.807, 2.05) is 64.6 Å². The number of nitrogens with zero attached hydrogens (tertiary/aromatic N) is 2. The molecule has 3 rings (SSSR count). The summed E-state index contributed by atoms with van der Waals surface area (Å²) in [6, 6.07) is 15.7. The zero-order valence-electron chi connectivity index (χ0n) is 14.8. The molecule has 25 heavy (non-hydrogen) atoms. The van der Waals surface area contributed by atoms with Gasteiger partial charge in [0, 0.05) is 6.54 Å². The summed E-state index contributed by atoms with van der Waals surface area (Å²) in [5, 5.41) is 18.9. The first-order chi connectivity index (χ1) is 12.1. The molecule has 0 amide bonds. The quantitative estimate of drug-likeness (QED) is 0.695. The van der Waals surface area contributed by atoms with Crippen molar-refractivity contribution in [3.8, 4) is 5.75 Å². The summed E-state index contributed by atoms with van der Waals surface area (Å²) in [5.74, 6) is 0.745. The third-order valence-corrected chi connectivity index (χ3v) is 4.28. The van der Waals surface area contributed by atoms with Crippen molar-refractivity contribution < 1.29 is 9.84 Å². The highest BCUT2D eigenvalue weighted by Crippen LogP contribution is 2.15. The van der Waals surface area contributed by atoms with Gasteiger partial charge in [-0.25, -0.2) is 0 Å². The van der Waals surface area contributed by atoms with Crippen molar-refractivity contribution in [1.29, 1.82) is 5.41 Å². The number of benzene rings is 2. The van der Waals surface area contributed by atoms with Crippen LogP contribution >= 0.6 is 0 Å². The molecule has 1 atom stereocenters. The molecule has 2 aromatic carbocycles. The number of hydrogen-bond donors (Lipinski definition) is 2. The molecule has 1 heterocycles. The number of aromatic nitrogens is 2. The van der Waals surface area contributed by atoms with Crippen molar-refractivity contribution in [3.05, 3.63) is 59.7 Å². The van der Waals surface area contributed by atoms with Gasteiger partial charge in [0.1, 0.15) is 18.5 Å². The van der Waals surface area contributed by atoms with Crippen molar-refractivity contribution in [2.24, 2.45) is 0 Å². The first-order valence-electron chi connectivity index (χ1n) is 8.70. The number of nitrogens with one attached hydrogen (secondary N) is 1. The van der Waals surface area contributed by atoms with Gasteiger partial charge in [0.05, 0.1) is 17.6 Å². The topological polar surface area (TPSA) is 63.2 Å². The van der Waals surface area contributed by atoms with E-state index in [0.29, 0.717) is 12.2 Å². The average molecular weight is 339 g/mol. The molecular weight excluding hydrogens is 314 g/mol. The fourth-order valence-electron chi connectivity index (χ4n) is 3.02. The fourth-order valence-corrected chi connectivity index (χ4v) is 3.02. The van der Waals surface area contributed by atoms with Crippen LogP contribution in [0.3, 0.4) is 0 Å². The number of hydrogen-bond acceptors (Lipinski definition) is 3. The molecule has 5 heteroatoms. The predicted octanol–water partition coefficient (Wildman–Crippen LogP) is 3.08. The molecule has 132 valence electrons. The van der Waals surface area contributed by atoms with E-state index in [4.69, 9.17) is 10.1 Å². The minimum atomic E-state index is -0.684. The van der Waals surface area contributed by atoms with E-state index in [2.05, 4.69) is 6.92 Å². The molecule has 0 aliphatic carbocycles. The van der Waals surface area contributed by atoms with Gasteiger partial charge in [-0.2, -0.15) is 0 Å². The lowest BCUT2D eigenvalue weighted by Crippen LogP contribution is -2.31. The number of aliphatic hydroxyl groups is 1. The summed E-state index contributed by atoms with van der Waals surface area (Å²) < 4.78 is 9.51. The molecule has 5 nitrogen and oxygen atoms in total. The van der Waals surface area contributed by atoms with Gasteiger partial charge in [-0.15, -0.1) is 0 Å². The van der Waals surface area contributed by atoms with Crippen LogP contribution in [-0.2, 0) is 13.1 Å². The van der Waals surface area contributed by atoms with E-state index in [-0.39, 0.29) is 6.61 Å². The Hall–Kier alpha value is -2.53. The van der Waals surface area contributed by atoms with Gasteiger partial charge in [0.2, 0.25) is 5.62 Å². The minimum Gasteiger partial charge on any atom is -0.491 e. The monoisotopic (exact) mass is 339 g/mol. The molecule has 0 bridgehead atoms. The van der Waals surface area contributed by atoms with Gasteiger partial charge in [-0.3, -0.25) is 5.41 Å². The number of imidazole rings is 1. The number of rotatable bonds is 7. The maximum absolute atomic E-state index is 10.4. The predicted molar refractivity (Wildman–Crippen MR) is 98.8 cm³/mol. The van der Waals surface area contributed by atoms with Crippen LogP contribution in [-0.4, -0.2) is 27.0 Å². The number of aliphatic hydroxyl groups excluding tert-OH is 1. The summed E-state index contributed by atoms with van der Waals surface area (Å²) in [5.41, 5.74) is 3.58. The molecule has 0 spiro atoms. The number of ether oxygens (including phenoxy) is 1. The van der Waals surface area contributed by atoms with Gasteiger partial charge in [-0.1, -0.05) is 36.8 Å². The summed E-state index contributed by atoms with van der Waals surface area (Å²) in [7, 11) is 0. The zero-order valence-corrected chi connectivity index (χ0v) is 14.8. The van der Waals surface area contributed by atoms with E-state index in [1.54, 1.807) is 0 Å². The highest BCUT2D eigenvalue weighted by atomic mass is 16.5. The van der Waals surface area contributed by atoms with Crippen LogP contribution in [0.1, 0.15) is 18.9 Å². The minimum absolute atomic E-state index is 0.197. The van der Waals surface area contributed by atoms with Crippen LogP contribution in [0.25, 0.3) is 11.0 Å². The van der Waals surface area contributed by atoms with E-state index in [0.717, 1.165) is 29.7 Å². The average Bonchev–Trinajstić information content (AvgIpc) is 2.88. The van der Waals surface area contributed by atoms with Crippen molar-refractivity contribution in [2.75, 3.05) is 6.61 Å². The molecule has 3 aromatic rings. The van der Waals surface area contributed by atoms with Crippen molar-refractivity contribution in [1.82, 2.24) is 9.13 Å². The standard InChI is InChI=1S/C20H25N3O2/c1-3-12-22-18-6-4-5-7-19(18)23(20(22)21)13-16(24)14-25-17-10-8-15(2)9-11-17/h4-11,16,21,24H,3,12-14H2,1-2H3/t16-/m1/s1. The summed E-state index contributed by atoms with van der Waals surface area (Å²) in [4.78, 5) is 0. The lowest BCUT2D eigenvalue weighted by molar-refractivity contribution is 0.0921. The molecule has 0 radical (unpaired) electrons. The van der Waals surface area contributed by atoms with E-state index < -0.39 is 6.10 Å². The van der Waals surface area contributed by atoms with Gasteiger partial charge in [0.25, 0.3) is 0 Å². The maximum Gasteiger partial charge on any atom is 0.203 e. The van der Waals surface area contributed by atoms with Crippen LogP contribution < -0.4 is 10.4 Å². The zero-order chi connectivity index (χ0) is 17.8. The second-order valence-corrected chi connectivity index (χ2v) is 6.35. The Bertz CT molecular complexity index is 893. The van der Waals surface area contributed by atoms with Crippen LogP contribution in [0.15, 0.2) is 48.5 Å². The Morgan fingerprint density at radius 1 is 1.04 bits per heavy atom. The lowest BCUT2D eigenvalue weighted by atomic mass is 10.2. The Labute approximate surface area is 147 Å². The Morgan fingerprint density at radius 3 is 2.32 bits per heavy atom. The molecule has 0 fully saturated rings. The second kappa shape index (κ2) is 7.57. The smallest absolute Gasteiger partial charge is 0.203 e. The third kappa shape index (κ3) is 3.77. The van der Waals surface area contributed by atoms with Crippen molar-refractivity contribution in [2.45, 2.75) is 39.5 Å². The van der Waals surface area contributed by atoms with E-state index >= 15 is 0 Å². The normalized spacial score (nSPS) is 12.4. The maximum atomic E-state index is 10.4. The molecular formula is C20H25N3O2. The molecule has 0 aliphatic heterocycles. The Kier molecular flexibility index (Phi) is 5.24. The summed E-state index contributed by atoms with van der Waals surface area (Å²) in [6.07, 6.45) is 0.278. The van der Waals surface area contributed by atoms with Gasteiger partial charge < -0.3 is 19.0 Å². The highest BCUT2D eigenvalue weighted by Gasteiger charge is 2.14. The summed E-state index contributed by atoms with van der Waals surface area (Å²) >= 11 is 0. The van der Waals surface area contributed by atoms with Crippen LogP contribution in [0, 0.1) is 12.3 Å². The van der Waals surface area contributed by atoms with Crippen LogP contribution in [0.2, 0.25) is 0 Å². The molecule has 1 aromatic heterocycles. The number of para-hydroxylation sites is 2.